The van der Waals surface area contributed by atoms with Gasteiger partial charge >= 0.3 is 11.8 Å². The van der Waals surface area contributed by atoms with Gasteiger partial charge in [0.25, 0.3) is 5.91 Å². The number of amides is 3. The van der Waals surface area contributed by atoms with Gasteiger partial charge in [-0.1, -0.05) is 0 Å². The van der Waals surface area contributed by atoms with Crippen molar-refractivity contribution >= 4 is 23.4 Å². The SMILES string of the molecule is COCCN(CCOC)C(=O)C(=O)NC(=O)c1ccc(N)cc1. The molecule has 0 aliphatic carbocycles. The summed E-state index contributed by atoms with van der Waals surface area (Å²) in [5, 5.41) is 2.06. The maximum Gasteiger partial charge on any atom is 0.316 e. The molecule has 0 aliphatic rings. The maximum absolute atomic E-state index is 12.1. The molecule has 1 aromatic carbocycles. The second-order valence-corrected chi connectivity index (χ2v) is 4.68. The van der Waals surface area contributed by atoms with Crippen LogP contribution >= 0.6 is 0 Å². The van der Waals surface area contributed by atoms with Crippen molar-refractivity contribution in [2.45, 2.75) is 0 Å². The number of hydrogen-bond donors (Lipinski definition) is 2. The van der Waals surface area contributed by atoms with Gasteiger partial charge in [0.15, 0.2) is 0 Å². The van der Waals surface area contributed by atoms with Crippen molar-refractivity contribution in [3.63, 3.8) is 0 Å². The number of nitrogen functional groups attached to an aromatic ring is 1. The quantitative estimate of drug-likeness (QED) is 0.524. The molecule has 8 nitrogen and oxygen atoms in total. The third kappa shape index (κ3) is 6.05. The van der Waals surface area contributed by atoms with E-state index in [1.807, 2.05) is 0 Å². The Bertz CT molecular complexity index is 537. The summed E-state index contributed by atoms with van der Waals surface area (Å²) in [6, 6.07) is 6.00. The van der Waals surface area contributed by atoms with Gasteiger partial charge in [-0.15, -0.1) is 0 Å². The van der Waals surface area contributed by atoms with Crippen LogP contribution in [0.5, 0.6) is 0 Å². The van der Waals surface area contributed by atoms with Gasteiger partial charge in [0.1, 0.15) is 0 Å². The van der Waals surface area contributed by atoms with Crippen LogP contribution in [0.2, 0.25) is 0 Å². The van der Waals surface area contributed by atoms with Crippen molar-refractivity contribution in [2.24, 2.45) is 0 Å². The lowest BCUT2D eigenvalue weighted by Crippen LogP contribution is -2.47. The average Bonchev–Trinajstić information content (AvgIpc) is 2.55. The summed E-state index contributed by atoms with van der Waals surface area (Å²) in [5.74, 6) is -2.48. The van der Waals surface area contributed by atoms with Crippen LogP contribution in [0.25, 0.3) is 0 Å². The minimum atomic E-state index is -1.00. The predicted molar refractivity (Wildman–Crippen MR) is 83.7 cm³/mol. The minimum Gasteiger partial charge on any atom is -0.399 e. The summed E-state index contributed by atoms with van der Waals surface area (Å²) < 4.78 is 9.80. The molecule has 0 spiro atoms. The molecule has 0 saturated heterocycles. The molecule has 23 heavy (non-hydrogen) atoms. The zero-order valence-electron chi connectivity index (χ0n) is 13.2. The fourth-order valence-electron chi connectivity index (χ4n) is 1.72. The Labute approximate surface area is 134 Å². The molecule has 0 aromatic heterocycles. The second-order valence-electron chi connectivity index (χ2n) is 4.68. The number of hydrogen-bond acceptors (Lipinski definition) is 6. The highest BCUT2D eigenvalue weighted by Gasteiger charge is 2.23. The number of imide groups is 1. The first-order valence-corrected chi connectivity index (χ1v) is 6.97. The summed E-state index contributed by atoms with van der Waals surface area (Å²) in [4.78, 5) is 37.2. The van der Waals surface area contributed by atoms with Gasteiger partial charge in [-0.3, -0.25) is 19.7 Å². The van der Waals surface area contributed by atoms with Crippen LogP contribution in [-0.4, -0.2) is 63.1 Å². The van der Waals surface area contributed by atoms with Crippen molar-refractivity contribution in [2.75, 3.05) is 46.3 Å². The van der Waals surface area contributed by atoms with Crippen molar-refractivity contribution in [3.8, 4) is 0 Å². The molecule has 0 saturated carbocycles. The summed E-state index contributed by atoms with van der Waals surface area (Å²) in [7, 11) is 2.98. The topological polar surface area (TPSA) is 111 Å². The summed E-state index contributed by atoms with van der Waals surface area (Å²) in [6.07, 6.45) is 0. The number of nitrogens with two attached hydrogens (primary N) is 1. The summed E-state index contributed by atoms with van der Waals surface area (Å²) >= 11 is 0. The molecule has 0 heterocycles. The first-order chi connectivity index (χ1) is 11.0. The average molecular weight is 323 g/mol. The van der Waals surface area contributed by atoms with E-state index in [0.29, 0.717) is 5.69 Å². The Kier molecular flexibility index (Phi) is 7.72. The number of anilines is 1. The molecule has 1 aromatic rings. The van der Waals surface area contributed by atoms with E-state index in [2.05, 4.69) is 5.32 Å². The fraction of sp³-hybridized carbons (Fsp3) is 0.400. The van der Waals surface area contributed by atoms with E-state index >= 15 is 0 Å². The first kappa shape index (κ1) is 18.6. The molecular formula is C15H21N3O5. The number of nitrogens with one attached hydrogen (secondary N) is 1. The van der Waals surface area contributed by atoms with Gasteiger partial charge in [0.05, 0.1) is 13.2 Å². The monoisotopic (exact) mass is 323 g/mol. The van der Waals surface area contributed by atoms with E-state index in [-0.39, 0.29) is 31.9 Å². The van der Waals surface area contributed by atoms with Crippen molar-refractivity contribution in [1.82, 2.24) is 10.2 Å². The lowest BCUT2D eigenvalue weighted by molar-refractivity contribution is -0.146. The normalized spacial score (nSPS) is 10.2. The van der Waals surface area contributed by atoms with Gasteiger partial charge in [0, 0.05) is 38.6 Å². The lowest BCUT2D eigenvalue weighted by Gasteiger charge is -2.21. The Balaban J connectivity index is 2.67. The number of ether oxygens (including phenoxy) is 2. The second kappa shape index (κ2) is 9.54. The Morgan fingerprint density at radius 3 is 2.04 bits per heavy atom. The molecule has 0 bridgehead atoms. The molecule has 0 radical (unpaired) electrons. The Morgan fingerprint density at radius 1 is 1.04 bits per heavy atom. The summed E-state index contributed by atoms with van der Waals surface area (Å²) in [5.41, 5.74) is 6.26. The molecule has 0 unspecified atom stereocenters. The van der Waals surface area contributed by atoms with Crippen LogP contribution < -0.4 is 11.1 Å². The molecule has 3 amide bonds. The van der Waals surface area contributed by atoms with Crippen molar-refractivity contribution in [3.05, 3.63) is 29.8 Å². The largest absolute Gasteiger partial charge is 0.399 e. The molecule has 126 valence electrons. The number of methoxy groups -OCH3 is 2. The molecule has 0 aliphatic heterocycles. The zero-order valence-corrected chi connectivity index (χ0v) is 13.2. The predicted octanol–water partition coefficient (Wildman–Crippen LogP) is -0.353. The highest BCUT2D eigenvalue weighted by atomic mass is 16.5. The summed E-state index contributed by atoms with van der Waals surface area (Å²) in [6.45, 7) is 0.994. The van der Waals surface area contributed by atoms with Crippen molar-refractivity contribution < 1.29 is 23.9 Å². The van der Waals surface area contributed by atoms with E-state index in [1.54, 1.807) is 0 Å². The van der Waals surface area contributed by atoms with Gasteiger partial charge in [-0.2, -0.15) is 0 Å². The highest BCUT2D eigenvalue weighted by molar-refractivity contribution is 6.38. The molecule has 0 atom stereocenters. The van der Waals surface area contributed by atoms with Crippen LogP contribution in [0.4, 0.5) is 5.69 Å². The first-order valence-electron chi connectivity index (χ1n) is 6.97. The number of benzene rings is 1. The Morgan fingerprint density at radius 2 is 1.57 bits per heavy atom. The van der Waals surface area contributed by atoms with Gasteiger partial charge < -0.3 is 20.1 Å². The van der Waals surface area contributed by atoms with E-state index in [9.17, 15) is 14.4 Å². The number of carbonyl (C=O) groups is 3. The molecule has 3 N–H and O–H groups in total. The minimum absolute atomic E-state index is 0.224. The standard InChI is InChI=1S/C15H21N3O5/c1-22-9-7-18(8-10-23-2)15(21)14(20)17-13(19)11-3-5-12(16)6-4-11/h3-6H,7-10,16H2,1-2H3,(H,17,19,20). The third-order valence-corrected chi connectivity index (χ3v) is 3.01. The lowest BCUT2D eigenvalue weighted by atomic mass is 10.2. The molecule has 8 heteroatoms. The number of rotatable bonds is 7. The van der Waals surface area contributed by atoms with E-state index in [4.69, 9.17) is 15.2 Å². The van der Waals surface area contributed by atoms with Crippen LogP contribution in [-0.2, 0) is 19.1 Å². The molecule has 1 rings (SSSR count). The van der Waals surface area contributed by atoms with E-state index in [0.717, 1.165) is 0 Å². The van der Waals surface area contributed by atoms with Gasteiger partial charge in [-0.05, 0) is 24.3 Å². The van der Waals surface area contributed by atoms with Gasteiger partial charge in [-0.25, -0.2) is 0 Å². The number of nitrogens with zero attached hydrogens (tertiary/aromatic N) is 1. The van der Waals surface area contributed by atoms with E-state index < -0.39 is 17.7 Å². The molecular weight excluding hydrogens is 302 g/mol. The maximum atomic E-state index is 12.1. The smallest absolute Gasteiger partial charge is 0.316 e. The van der Waals surface area contributed by atoms with Gasteiger partial charge in [0.2, 0.25) is 0 Å². The van der Waals surface area contributed by atoms with Crippen LogP contribution in [0.3, 0.4) is 0 Å². The van der Waals surface area contributed by atoms with Crippen LogP contribution in [0.1, 0.15) is 10.4 Å². The Hall–Kier alpha value is -2.45. The highest BCUT2D eigenvalue weighted by Crippen LogP contribution is 2.05. The van der Waals surface area contributed by atoms with Crippen molar-refractivity contribution in [1.29, 1.82) is 0 Å². The zero-order chi connectivity index (χ0) is 17.2. The van der Waals surface area contributed by atoms with Crippen LogP contribution in [0.15, 0.2) is 24.3 Å². The third-order valence-electron chi connectivity index (χ3n) is 3.01. The number of carbonyl (C=O) groups excluding carboxylic acids is 3. The molecule has 0 fully saturated rings. The van der Waals surface area contributed by atoms with Crippen LogP contribution in [0, 0.1) is 0 Å². The fourth-order valence-corrected chi connectivity index (χ4v) is 1.72. The van der Waals surface area contributed by atoms with E-state index in [1.165, 1.54) is 43.4 Å².